The Bertz CT molecular complexity index is 858. The Balaban J connectivity index is 2.07. The van der Waals surface area contributed by atoms with Crippen LogP contribution in [-0.2, 0) is 6.42 Å². The normalized spacial score (nSPS) is 14.2. The fourth-order valence-corrected chi connectivity index (χ4v) is 5.03. The molecule has 5 heteroatoms. The van der Waals surface area contributed by atoms with Crippen molar-refractivity contribution in [2.24, 2.45) is 0 Å². The van der Waals surface area contributed by atoms with E-state index in [2.05, 4.69) is 116 Å². The zero-order valence-electron chi connectivity index (χ0n) is 21.9. The van der Waals surface area contributed by atoms with Crippen molar-refractivity contribution in [1.29, 1.82) is 0 Å². The highest BCUT2D eigenvalue weighted by Gasteiger charge is 2.39. The highest BCUT2D eigenvalue weighted by molar-refractivity contribution is 6.75. The number of hydrogen-bond donors (Lipinski definition) is 1. The van der Waals surface area contributed by atoms with Crippen LogP contribution in [0.15, 0.2) is 48.5 Å². The predicted octanol–water partition coefficient (Wildman–Crippen LogP) is 7.77. The minimum absolute atomic E-state index is 0.0593. The molecule has 0 aliphatic rings. The van der Waals surface area contributed by atoms with Gasteiger partial charge in [0, 0.05) is 5.92 Å². The Kier molecular flexibility index (Phi) is 8.12. The summed E-state index contributed by atoms with van der Waals surface area (Å²) in [7, 11) is -3.69. The summed E-state index contributed by atoms with van der Waals surface area (Å²) in [4.78, 5) is 0. The van der Waals surface area contributed by atoms with Crippen LogP contribution < -0.4 is 8.85 Å². The van der Waals surface area contributed by atoms with Crippen molar-refractivity contribution in [3.8, 4) is 11.5 Å². The summed E-state index contributed by atoms with van der Waals surface area (Å²) >= 11 is 0. The SMILES string of the molecule is CC(C)(C)[Si](C)(C)Oc1ccc(CC(CO)c2ccc(O[Si](C)(C)C(C)(C)C)cc2)cc1. The molecule has 2 aromatic carbocycles. The molecule has 0 bridgehead atoms. The molecule has 0 fully saturated rings. The van der Waals surface area contributed by atoms with Crippen LogP contribution in [0.1, 0.15) is 58.6 Å². The van der Waals surface area contributed by atoms with Gasteiger partial charge in [0.05, 0.1) is 6.61 Å². The van der Waals surface area contributed by atoms with Gasteiger partial charge in [-0.25, -0.2) is 0 Å². The quantitative estimate of drug-likeness (QED) is 0.399. The monoisotopic (exact) mass is 472 g/mol. The molecule has 2 rings (SSSR count). The second-order valence-electron chi connectivity index (χ2n) is 12.0. The van der Waals surface area contributed by atoms with Gasteiger partial charge >= 0.3 is 0 Å². The first-order valence-electron chi connectivity index (χ1n) is 11.7. The largest absolute Gasteiger partial charge is 0.544 e. The highest BCUT2D eigenvalue weighted by atomic mass is 28.4. The van der Waals surface area contributed by atoms with Gasteiger partial charge in [0.15, 0.2) is 0 Å². The third-order valence-corrected chi connectivity index (χ3v) is 16.1. The van der Waals surface area contributed by atoms with Crippen LogP contribution in [0.3, 0.4) is 0 Å². The first-order valence-corrected chi connectivity index (χ1v) is 17.6. The number of aliphatic hydroxyl groups is 1. The van der Waals surface area contributed by atoms with Gasteiger partial charge in [-0.3, -0.25) is 0 Å². The van der Waals surface area contributed by atoms with Crippen molar-refractivity contribution in [1.82, 2.24) is 0 Å². The first kappa shape index (κ1) is 26.7. The maximum Gasteiger partial charge on any atom is 0.250 e. The summed E-state index contributed by atoms with van der Waals surface area (Å²) in [5.41, 5.74) is 2.34. The van der Waals surface area contributed by atoms with E-state index >= 15 is 0 Å². The molecule has 0 radical (unpaired) electrons. The summed E-state index contributed by atoms with van der Waals surface area (Å²) in [5.74, 6) is 1.92. The maximum absolute atomic E-state index is 10.1. The Hall–Kier alpha value is -1.57. The van der Waals surface area contributed by atoms with E-state index in [-0.39, 0.29) is 22.6 Å². The van der Waals surface area contributed by atoms with Crippen molar-refractivity contribution in [3.63, 3.8) is 0 Å². The zero-order chi connectivity index (χ0) is 24.4. The molecular weight excluding hydrogens is 428 g/mol. The topological polar surface area (TPSA) is 38.7 Å². The molecular formula is C27H44O3Si2. The van der Waals surface area contributed by atoms with Gasteiger partial charge in [-0.05, 0) is 78.1 Å². The van der Waals surface area contributed by atoms with Crippen LogP contribution >= 0.6 is 0 Å². The number of benzene rings is 2. The molecule has 0 heterocycles. The second-order valence-corrected chi connectivity index (χ2v) is 21.5. The van der Waals surface area contributed by atoms with E-state index in [4.69, 9.17) is 8.85 Å². The molecule has 32 heavy (non-hydrogen) atoms. The Morgan fingerprint density at radius 1 is 0.688 bits per heavy atom. The van der Waals surface area contributed by atoms with Gasteiger partial charge in [0.2, 0.25) is 16.6 Å². The zero-order valence-corrected chi connectivity index (χ0v) is 23.9. The van der Waals surface area contributed by atoms with Crippen molar-refractivity contribution in [2.75, 3.05) is 6.61 Å². The van der Waals surface area contributed by atoms with Gasteiger partial charge < -0.3 is 14.0 Å². The van der Waals surface area contributed by atoms with E-state index in [0.29, 0.717) is 0 Å². The predicted molar refractivity (Wildman–Crippen MR) is 142 cm³/mol. The van der Waals surface area contributed by atoms with Crippen LogP contribution in [0.4, 0.5) is 0 Å². The molecule has 178 valence electrons. The lowest BCUT2D eigenvalue weighted by Crippen LogP contribution is -2.43. The van der Waals surface area contributed by atoms with Gasteiger partial charge in [-0.1, -0.05) is 65.8 Å². The average Bonchev–Trinajstić information content (AvgIpc) is 2.66. The summed E-state index contributed by atoms with van der Waals surface area (Å²) in [6.45, 7) is 22.7. The molecule has 1 atom stereocenters. The van der Waals surface area contributed by atoms with E-state index in [9.17, 15) is 5.11 Å². The van der Waals surface area contributed by atoms with Crippen LogP contribution in [0.5, 0.6) is 11.5 Å². The van der Waals surface area contributed by atoms with Crippen molar-refractivity contribution >= 4 is 16.6 Å². The Morgan fingerprint density at radius 2 is 1.06 bits per heavy atom. The second kappa shape index (κ2) is 9.74. The maximum atomic E-state index is 10.1. The Morgan fingerprint density at radius 3 is 1.41 bits per heavy atom. The lowest BCUT2D eigenvalue weighted by atomic mass is 9.92. The molecule has 0 aromatic heterocycles. The first-order chi connectivity index (χ1) is 14.6. The van der Waals surface area contributed by atoms with Gasteiger partial charge in [0.25, 0.3) is 0 Å². The molecule has 0 aliphatic heterocycles. The number of rotatable bonds is 8. The van der Waals surface area contributed by atoms with E-state index in [1.165, 1.54) is 5.56 Å². The van der Waals surface area contributed by atoms with Crippen molar-refractivity contribution in [2.45, 2.75) is 90.1 Å². The molecule has 0 spiro atoms. The van der Waals surface area contributed by atoms with Crippen molar-refractivity contribution < 1.29 is 14.0 Å². The number of hydrogen-bond acceptors (Lipinski definition) is 3. The van der Waals surface area contributed by atoms with E-state index in [1.807, 2.05) is 0 Å². The fraction of sp³-hybridized carbons (Fsp3) is 0.556. The molecule has 1 unspecified atom stereocenters. The summed E-state index contributed by atoms with van der Waals surface area (Å²) in [5, 5.41) is 10.4. The molecule has 0 saturated carbocycles. The highest BCUT2D eigenvalue weighted by Crippen LogP contribution is 2.38. The fourth-order valence-electron chi connectivity index (χ4n) is 2.97. The molecule has 0 amide bonds. The third kappa shape index (κ3) is 6.72. The van der Waals surface area contributed by atoms with Gasteiger partial charge in [-0.2, -0.15) is 0 Å². The Labute approximate surface area is 198 Å². The molecule has 3 nitrogen and oxygen atoms in total. The summed E-state index contributed by atoms with van der Waals surface area (Å²) < 4.78 is 12.8. The summed E-state index contributed by atoms with van der Waals surface area (Å²) in [6, 6.07) is 16.7. The van der Waals surface area contributed by atoms with E-state index in [0.717, 1.165) is 23.5 Å². The minimum Gasteiger partial charge on any atom is -0.544 e. The molecule has 1 N–H and O–H groups in total. The van der Waals surface area contributed by atoms with E-state index < -0.39 is 16.6 Å². The smallest absolute Gasteiger partial charge is 0.250 e. The van der Waals surface area contributed by atoms with Crippen LogP contribution in [0, 0.1) is 0 Å². The van der Waals surface area contributed by atoms with Crippen LogP contribution in [0.25, 0.3) is 0 Å². The lowest BCUT2D eigenvalue weighted by Gasteiger charge is -2.36. The number of aliphatic hydroxyl groups excluding tert-OH is 1. The lowest BCUT2D eigenvalue weighted by molar-refractivity contribution is 0.264. The summed E-state index contributed by atoms with van der Waals surface area (Å²) in [6.07, 6.45) is 0.791. The molecule has 0 saturated heterocycles. The third-order valence-electron chi connectivity index (χ3n) is 7.34. The van der Waals surface area contributed by atoms with E-state index in [1.54, 1.807) is 0 Å². The minimum atomic E-state index is -1.85. The van der Waals surface area contributed by atoms with Gasteiger partial charge in [0.1, 0.15) is 11.5 Å². The average molecular weight is 473 g/mol. The van der Waals surface area contributed by atoms with Gasteiger partial charge in [-0.15, -0.1) is 0 Å². The van der Waals surface area contributed by atoms with Crippen LogP contribution in [0.2, 0.25) is 36.3 Å². The molecule has 0 aliphatic carbocycles. The molecule has 2 aromatic rings. The standard InChI is InChI=1S/C27H44O3Si2/c1-26(2,3)31(7,8)29-24-15-11-21(12-16-24)19-23(20-28)22-13-17-25(18-14-22)30-32(9,10)27(4,5)6/h11-18,23,28H,19-20H2,1-10H3. The van der Waals surface area contributed by atoms with Crippen molar-refractivity contribution in [3.05, 3.63) is 59.7 Å². The van der Waals surface area contributed by atoms with Crippen LogP contribution in [-0.4, -0.2) is 28.3 Å².